The predicted octanol–water partition coefficient (Wildman–Crippen LogP) is 30.1. The van der Waals surface area contributed by atoms with E-state index >= 15 is 0 Å². The lowest BCUT2D eigenvalue weighted by atomic mass is 9.30. The molecule has 0 aliphatic carbocycles. The van der Waals surface area contributed by atoms with Gasteiger partial charge in [-0.1, -0.05) is 431 Å². The smallest absolute Gasteiger partial charge is 0.252 e. The molecule has 134 heavy (non-hydrogen) atoms. The third kappa shape index (κ3) is 13.4. The van der Waals surface area contributed by atoms with Crippen LogP contribution in [-0.2, 0) is 0 Å². The van der Waals surface area contributed by atoms with E-state index in [-0.39, 0.29) is 13.4 Å². The fourth-order valence-electron chi connectivity index (χ4n) is 21.7. The number of hydrogen-bond acceptors (Lipinski definition) is 6. The van der Waals surface area contributed by atoms with E-state index in [1.165, 1.54) is 32.8 Å². The molecule has 4 heterocycles. The molecule has 0 fully saturated rings. The van der Waals surface area contributed by atoms with Gasteiger partial charge in [-0.15, -0.1) is 0 Å². The highest BCUT2D eigenvalue weighted by Gasteiger charge is 2.51. The van der Waals surface area contributed by atoms with Crippen LogP contribution in [0.1, 0.15) is 0 Å². The Morgan fingerprint density at radius 1 is 0.157 bits per heavy atom. The molecule has 0 saturated carbocycles. The van der Waals surface area contributed by atoms with Crippen molar-refractivity contribution in [1.82, 2.24) is 0 Å². The van der Waals surface area contributed by atoms with Gasteiger partial charge < -0.3 is 29.4 Å². The van der Waals surface area contributed by atoms with Gasteiger partial charge in [0.25, 0.3) is 13.4 Å². The van der Waals surface area contributed by atoms with Crippen molar-refractivity contribution in [3.05, 3.63) is 522 Å². The molecule has 21 aromatic carbocycles. The van der Waals surface area contributed by atoms with Gasteiger partial charge in [0.15, 0.2) is 0 Å². The molecule has 25 rings (SSSR count). The Labute approximate surface area is 783 Å². The highest BCUT2D eigenvalue weighted by Crippen LogP contribution is 2.59. The van der Waals surface area contributed by atoms with Gasteiger partial charge in [-0.25, -0.2) is 0 Å². The molecule has 0 unspecified atom stereocenters. The normalized spacial score (nSPS) is 12.4. The molecule has 0 atom stereocenters. The highest BCUT2D eigenvalue weighted by atomic mass is 15.2. The van der Waals surface area contributed by atoms with Crippen LogP contribution < -0.4 is 62.2 Å². The van der Waals surface area contributed by atoms with Crippen molar-refractivity contribution in [2.75, 3.05) is 29.4 Å². The van der Waals surface area contributed by atoms with E-state index in [2.05, 4.69) is 551 Å². The molecule has 0 N–H and O–H groups in total. The number of nitrogens with zero attached hydrogens (tertiary/aromatic N) is 6. The maximum atomic E-state index is 2.73. The Morgan fingerprint density at radius 3 is 0.858 bits per heavy atom. The molecular formula is C126H86B2N6. The van der Waals surface area contributed by atoms with Crippen LogP contribution in [0.5, 0.6) is 0 Å². The summed E-state index contributed by atoms with van der Waals surface area (Å²) in [6.45, 7) is -0.747. The molecule has 0 saturated heterocycles. The van der Waals surface area contributed by atoms with E-state index in [4.69, 9.17) is 0 Å². The Morgan fingerprint density at radius 2 is 0.433 bits per heavy atom. The van der Waals surface area contributed by atoms with Crippen LogP contribution in [0.3, 0.4) is 0 Å². The maximum absolute atomic E-state index is 2.73. The average Bonchev–Trinajstić information content (AvgIpc) is 0.678. The Kier molecular flexibility index (Phi) is 19.7. The van der Waals surface area contributed by atoms with Crippen molar-refractivity contribution < 1.29 is 0 Å². The minimum Gasteiger partial charge on any atom is -0.311 e. The second kappa shape index (κ2) is 33.6. The van der Waals surface area contributed by atoms with Crippen LogP contribution in [0.4, 0.5) is 102 Å². The van der Waals surface area contributed by atoms with Gasteiger partial charge in [0.1, 0.15) is 0 Å². The molecule has 0 spiro atoms. The largest absolute Gasteiger partial charge is 0.311 e. The van der Waals surface area contributed by atoms with E-state index in [0.717, 1.165) is 191 Å². The molecule has 0 bridgehead atoms. The summed E-state index contributed by atoms with van der Waals surface area (Å²) in [5.74, 6) is 0. The Balaban J connectivity index is 0.852. The summed E-state index contributed by atoms with van der Waals surface area (Å²) in [6, 6.07) is 195. The summed E-state index contributed by atoms with van der Waals surface area (Å²) >= 11 is 0. The van der Waals surface area contributed by atoms with Crippen molar-refractivity contribution >= 4 is 149 Å². The lowest BCUT2D eigenvalue weighted by molar-refractivity contribution is 1.21. The minimum atomic E-state index is -0.377. The van der Waals surface area contributed by atoms with Gasteiger partial charge >= 0.3 is 0 Å². The summed E-state index contributed by atoms with van der Waals surface area (Å²) < 4.78 is 0. The average molecular weight is 1710 g/mol. The van der Waals surface area contributed by atoms with Crippen LogP contribution in [0, 0.1) is 0 Å². The molecule has 6 nitrogen and oxygen atoms in total. The van der Waals surface area contributed by atoms with Gasteiger partial charge in [0, 0.05) is 107 Å². The van der Waals surface area contributed by atoms with Crippen molar-refractivity contribution in [2.24, 2.45) is 0 Å². The van der Waals surface area contributed by atoms with Gasteiger partial charge in [-0.2, -0.15) is 0 Å². The molecule has 4 aliphatic rings. The second-order valence-corrected chi connectivity index (χ2v) is 34.8. The molecule has 0 aromatic heterocycles. The van der Waals surface area contributed by atoms with Crippen LogP contribution in [0.2, 0.25) is 0 Å². The van der Waals surface area contributed by atoms with Crippen LogP contribution >= 0.6 is 0 Å². The standard InChI is InChI=1S/C126H86B2N6/c1-12-45-87(46-13-1)100-67-34-38-77-112(100)129(95-61-28-9-29-62-95)98-81-119-123-121(82-98)134(126-106(93-57-24-7-25-58-93)73-44-74-107(126)94-59-26-8-27-60-94)117-86-116-110(85-111(117)127(123)108-75-36-40-79-114(108)132(119)113-78-39-35-68-101(113)88-47-14-2-15-48-88)128-109-76-37-41-80-115(109)133(125-104(91-53-20-5-21-54-91)71-43-72-105(125)92-55-22-6-23-56-92)120-84-99(83-118(122(120)128)131(116)97-65-32-11-33-66-97)130(96-63-30-10-31-64-96)124-102(89-49-16-3-17-50-89)69-42-70-103(124)90-51-18-4-19-52-90/h1-86H. The van der Waals surface area contributed by atoms with E-state index in [0.29, 0.717) is 0 Å². The summed E-state index contributed by atoms with van der Waals surface area (Å²) in [5.41, 5.74) is 43.6. The first-order valence-corrected chi connectivity index (χ1v) is 46.3. The zero-order valence-corrected chi connectivity index (χ0v) is 73.5. The summed E-state index contributed by atoms with van der Waals surface area (Å²) in [7, 11) is 0. The predicted molar refractivity (Wildman–Crippen MR) is 567 cm³/mol. The fourth-order valence-corrected chi connectivity index (χ4v) is 21.7. The van der Waals surface area contributed by atoms with Crippen LogP contribution in [0.25, 0.3) is 89.0 Å². The van der Waals surface area contributed by atoms with Crippen molar-refractivity contribution in [2.45, 2.75) is 0 Å². The maximum Gasteiger partial charge on any atom is 0.252 e. The third-order valence-electron chi connectivity index (χ3n) is 27.3. The lowest BCUT2D eigenvalue weighted by Crippen LogP contribution is -2.65. The van der Waals surface area contributed by atoms with Crippen molar-refractivity contribution in [1.29, 1.82) is 0 Å². The number of rotatable bonds is 18. The molecule has 4 aliphatic heterocycles. The monoisotopic (exact) mass is 1700 g/mol. The van der Waals surface area contributed by atoms with Gasteiger partial charge in [-0.05, 0) is 168 Å². The molecule has 0 amide bonds. The fraction of sp³-hybridized carbons (Fsp3) is 0. The Hall–Kier alpha value is -17.5. The second-order valence-electron chi connectivity index (χ2n) is 34.8. The first-order chi connectivity index (χ1) is 66.6. The molecule has 626 valence electrons. The number of anilines is 18. The first-order valence-electron chi connectivity index (χ1n) is 46.3. The van der Waals surface area contributed by atoms with Crippen LogP contribution in [-0.4, -0.2) is 13.4 Å². The Bertz CT molecular complexity index is 7830. The third-order valence-corrected chi connectivity index (χ3v) is 27.3. The highest BCUT2D eigenvalue weighted by molar-refractivity contribution is 7.03. The molecule has 21 aromatic rings. The van der Waals surface area contributed by atoms with Gasteiger partial charge in [-0.3, -0.25) is 0 Å². The first kappa shape index (κ1) is 78.8. The zero-order chi connectivity index (χ0) is 88.5. The number of para-hydroxylation sites is 10. The summed E-state index contributed by atoms with van der Waals surface area (Å²) in [4.78, 5) is 15.8. The molecular weight excluding hydrogens is 1620 g/mol. The number of hydrogen-bond donors (Lipinski definition) is 0. The minimum absolute atomic E-state index is 0.370. The SMILES string of the molecule is c1ccc(-c2ccccc2N(c2ccccc2)c2cc3c4c(c2)N(c2c(-c5ccccc5)cccc2-c2ccccc2)c2cc5c(cc2B4c2ccccc2N3c2ccccc2-c2ccccc2)B2c3ccccc3N(c3c(-c4ccccc4)cccc3-c3ccccc3)c3cc(N(c4ccccc4)c4c(-c6ccccc6)cccc4-c4ccccc4)cc(c32)N5c2ccccc2)cc1. The number of benzene rings is 21. The molecule has 0 radical (unpaired) electrons. The quantitative estimate of drug-likeness (QED) is 0.0792. The van der Waals surface area contributed by atoms with Crippen LogP contribution in [0.15, 0.2) is 522 Å². The van der Waals surface area contributed by atoms with E-state index in [1.807, 2.05) is 0 Å². The summed E-state index contributed by atoms with van der Waals surface area (Å²) in [6.07, 6.45) is 0. The topological polar surface area (TPSA) is 19.4 Å². The lowest BCUT2D eigenvalue weighted by Gasteiger charge is -2.48. The van der Waals surface area contributed by atoms with Gasteiger partial charge in [0.2, 0.25) is 0 Å². The number of fused-ring (bicyclic) bond motifs is 8. The zero-order valence-electron chi connectivity index (χ0n) is 73.5. The summed E-state index contributed by atoms with van der Waals surface area (Å²) in [5, 5.41) is 0. The van der Waals surface area contributed by atoms with Crippen molar-refractivity contribution in [3.63, 3.8) is 0 Å². The van der Waals surface area contributed by atoms with E-state index < -0.39 is 0 Å². The molecule has 8 heteroatoms. The van der Waals surface area contributed by atoms with E-state index in [9.17, 15) is 0 Å². The van der Waals surface area contributed by atoms with Gasteiger partial charge in [0.05, 0.1) is 39.8 Å². The van der Waals surface area contributed by atoms with E-state index in [1.54, 1.807) is 0 Å². The van der Waals surface area contributed by atoms with Crippen molar-refractivity contribution in [3.8, 4) is 89.0 Å².